The summed E-state index contributed by atoms with van der Waals surface area (Å²) in [6.45, 7) is 0.322. The minimum atomic E-state index is -1.60. The fourth-order valence-electron chi connectivity index (χ4n) is 1.66. The first-order valence-electron chi connectivity index (χ1n) is 7.49. The Bertz CT molecular complexity index is 521. The highest BCUT2D eigenvalue weighted by atomic mass is 32.1. The predicted molar refractivity (Wildman–Crippen MR) is 97.9 cm³/mol. The molecule has 0 bridgehead atoms. The van der Waals surface area contributed by atoms with Crippen LogP contribution in [0.5, 0.6) is 0 Å². The summed E-state index contributed by atoms with van der Waals surface area (Å²) in [5.74, 6) is -4.08. The van der Waals surface area contributed by atoms with E-state index in [1.54, 1.807) is 0 Å². The number of carbonyl (C=O) groups is 4. The van der Waals surface area contributed by atoms with E-state index < -0.39 is 60.6 Å². The predicted octanol–water partition coefficient (Wildman–Crippen LogP) is -3.91. The van der Waals surface area contributed by atoms with Crippen LogP contribution in [0, 0.1) is 0 Å². The van der Waals surface area contributed by atoms with E-state index in [1.165, 1.54) is 6.92 Å². The lowest BCUT2D eigenvalue weighted by Gasteiger charge is -2.25. The van der Waals surface area contributed by atoms with Gasteiger partial charge in [-0.3, -0.25) is 14.4 Å². The number of carbonyl (C=O) groups excluding carboxylic acids is 3. The van der Waals surface area contributed by atoms with Crippen LogP contribution in [-0.2, 0) is 19.2 Å². The summed E-state index contributed by atoms with van der Waals surface area (Å²) < 4.78 is 0. The fourth-order valence-corrected chi connectivity index (χ4v) is 2.08. The van der Waals surface area contributed by atoms with Gasteiger partial charge in [-0.2, -0.15) is 25.3 Å². The molecule has 0 unspecified atom stereocenters. The molecule has 0 aliphatic carbocycles. The minimum Gasteiger partial charge on any atom is -0.480 e. The van der Waals surface area contributed by atoms with E-state index in [-0.39, 0.29) is 11.5 Å². The van der Waals surface area contributed by atoms with E-state index in [1.807, 2.05) is 5.32 Å². The molecular formula is C13H24N4O7S2. The zero-order chi connectivity index (χ0) is 20.4. The molecule has 150 valence electrons. The third-order valence-corrected chi connectivity index (χ3v) is 3.97. The molecule has 0 aromatic rings. The van der Waals surface area contributed by atoms with Crippen LogP contribution in [0.15, 0.2) is 0 Å². The van der Waals surface area contributed by atoms with Crippen LogP contribution in [-0.4, -0.2) is 87.4 Å². The average molecular weight is 412 g/mol. The van der Waals surface area contributed by atoms with Crippen LogP contribution in [0.4, 0.5) is 0 Å². The zero-order valence-electron chi connectivity index (χ0n) is 14.0. The Labute approximate surface area is 160 Å². The summed E-state index contributed by atoms with van der Waals surface area (Å²) in [5, 5.41) is 33.9. The standard InChI is InChI=1S/C13H24N4O7S2/c1-5(19)9(12(22)15-7(2-18)13(23)24)17-11(21)8(4-26)16-10(20)6(14)3-25/h5-9,18-19,25-26H,2-4,14H2,1H3,(H,15,22)(H,16,20)(H,17,21)(H,23,24)/t5-,6+,7+,8+,9+/m1/s1. The summed E-state index contributed by atoms with van der Waals surface area (Å²) in [6, 6.07) is -5.23. The Morgan fingerprint density at radius 2 is 1.50 bits per heavy atom. The van der Waals surface area contributed by atoms with Gasteiger partial charge in [0.2, 0.25) is 17.7 Å². The minimum absolute atomic E-state index is 0.0448. The van der Waals surface area contributed by atoms with Gasteiger partial charge in [-0.15, -0.1) is 0 Å². The van der Waals surface area contributed by atoms with E-state index in [9.17, 15) is 24.3 Å². The largest absolute Gasteiger partial charge is 0.480 e. The van der Waals surface area contributed by atoms with Gasteiger partial charge in [-0.05, 0) is 6.92 Å². The molecule has 13 heteroatoms. The van der Waals surface area contributed by atoms with Gasteiger partial charge in [0.15, 0.2) is 0 Å². The molecule has 0 rings (SSSR count). The summed E-state index contributed by atoms with van der Waals surface area (Å²) in [4.78, 5) is 46.9. The van der Waals surface area contributed by atoms with Gasteiger partial charge in [0.05, 0.1) is 18.8 Å². The smallest absolute Gasteiger partial charge is 0.328 e. The number of rotatable bonds is 11. The van der Waals surface area contributed by atoms with Crippen molar-refractivity contribution in [1.29, 1.82) is 0 Å². The van der Waals surface area contributed by atoms with Gasteiger partial charge in [0, 0.05) is 11.5 Å². The molecule has 0 aromatic heterocycles. The number of nitrogens with two attached hydrogens (primary N) is 1. The van der Waals surface area contributed by atoms with E-state index in [4.69, 9.17) is 15.9 Å². The Hall–Kier alpha value is -1.54. The van der Waals surface area contributed by atoms with Crippen LogP contribution >= 0.6 is 25.3 Å². The van der Waals surface area contributed by atoms with Gasteiger partial charge in [0.1, 0.15) is 18.1 Å². The van der Waals surface area contributed by atoms with Crippen molar-refractivity contribution in [3.8, 4) is 0 Å². The van der Waals surface area contributed by atoms with E-state index in [0.717, 1.165) is 0 Å². The Morgan fingerprint density at radius 3 is 1.88 bits per heavy atom. The highest BCUT2D eigenvalue weighted by Gasteiger charge is 2.32. The maximum atomic E-state index is 12.2. The van der Waals surface area contributed by atoms with Crippen molar-refractivity contribution in [1.82, 2.24) is 16.0 Å². The molecule has 0 heterocycles. The second-order valence-corrected chi connectivity index (χ2v) is 6.07. The van der Waals surface area contributed by atoms with Crippen molar-refractivity contribution in [3.63, 3.8) is 0 Å². The molecule has 0 spiro atoms. The number of hydrogen-bond acceptors (Lipinski definition) is 9. The number of amides is 3. The Morgan fingerprint density at radius 1 is 0.962 bits per heavy atom. The highest BCUT2D eigenvalue weighted by Crippen LogP contribution is 1.99. The highest BCUT2D eigenvalue weighted by molar-refractivity contribution is 7.80. The summed E-state index contributed by atoms with van der Waals surface area (Å²) >= 11 is 7.81. The normalized spacial score (nSPS) is 16.5. The van der Waals surface area contributed by atoms with Crippen LogP contribution in [0.25, 0.3) is 0 Å². The van der Waals surface area contributed by atoms with E-state index in [2.05, 4.69) is 35.9 Å². The fraction of sp³-hybridized carbons (Fsp3) is 0.692. The quantitative estimate of drug-likeness (QED) is 0.154. The summed E-state index contributed by atoms with van der Waals surface area (Å²) in [5.41, 5.74) is 5.49. The van der Waals surface area contributed by atoms with Gasteiger partial charge in [-0.25, -0.2) is 4.79 Å². The molecular weight excluding hydrogens is 388 g/mol. The molecule has 26 heavy (non-hydrogen) atoms. The Kier molecular flexibility index (Phi) is 11.2. The first-order chi connectivity index (χ1) is 12.1. The van der Waals surface area contributed by atoms with Crippen molar-refractivity contribution in [2.45, 2.75) is 37.2 Å². The van der Waals surface area contributed by atoms with Crippen molar-refractivity contribution < 1.29 is 34.5 Å². The van der Waals surface area contributed by atoms with Crippen molar-refractivity contribution in [2.75, 3.05) is 18.1 Å². The molecule has 0 radical (unpaired) electrons. The van der Waals surface area contributed by atoms with Crippen molar-refractivity contribution in [3.05, 3.63) is 0 Å². The van der Waals surface area contributed by atoms with Crippen LogP contribution in [0.1, 0.15) is 6.92 Å². The SMILES string of the molecule is C[C@@H](O)[C@H](NC(=O)[C@H](CS)NC(=O)[C@@H](N)CS)C(=O)N[C@@H](CO)C(=O)O. The number of nitrogens with one attached hydrogen (secondary N) is 3. The molecule has 0 saturated heterocycles. The van der Waals surface area contributed by atoms with E-state index in [0.29, 0.717) is 0 Å². The molecule has 0 aromatic carbocycles. The second-order valence-electron chi connectivity index (χ2n) is 5.34. The number of carboxylic acids is 1. The molecule has 3 amide bonds. The lowest BCUT2D eigenvalue weighted by molar-refractivity contribution is -0.144. The Balaban J connectivity index is 5.06. The van der Waals surface area contributed by atoms with Gasteiger partial charge >= 0.3 is 5.97 Å². The first-order valence-corrected chi connectivity index (χ1v) is 8.75. The number of aliphatic hydroxyl groups excluding tert-OH is 2. The average Bonchev–Trinajstić information content (AvgIpc) is 2.59. The molecule has 11 nitrogen and oxygen atoms in total. The maximum Gasteiger partial charge on any atom is 0.328 e. The zero-order valence-corrected chi connectivity index (χ0v) is 15.7. The molecule has 0 aliphatic rings. The van der Waals surface area contributed by atoms with Crippen LogP contribution in [0.2, 0.25) is 0 Å². The molecule has 5 atom stereocenters. The lowest BCUT2D eigenvalue weighted by atomic mass is 10.1. The summed E-state index contributed by atoms with van der Waals surface area (Å²) in [6.07, 6.45) is -1.39. The number of carboxylic acid groups (broad SMARTS) is 1. The molecule has 0 aliphatic heterocycles. The number of aliphatic carboxylic acids is 1. The van der Waals surface area contributed by atoms with Gasteiger partial charge in [0.25, 0.3) is 0 Å². The second kappa shape index (κ2) is 12.0. The third-order valence-electron chi connectivity index (χ3n) is 3.21. The maximum absolute atomic E-state index is 12.2. The third kappa shape index (κ3) is 7.78. The monoisotopic (exact) mass is 412 g/mol. The van der Waals surface area contributed by atoms with Gasteiger partial charge < -0.3 is 37.0 Å². The van der Waals surface area contributed by atoms with Crippen molar-refractivity contribution in [2.24, 2.45) is 5.73 Å². The van der Waals surface area contributed by atoms with Crippen LogP contribution < -0.4 is 21.7 Å². The topological polar surface area (TPSA) is 191 Å². The molecule has 0 fully saturated rings. The van der Waals surface area contributed by atoms with E-state index >= 15 is 0 Å². The lowest BCUT2D eigenvalue weighted by Crippen LogP contribution is -2.60. The number of thiol groups is 2. The number of aliphatic hydroxyl groups is 2. The summed E-state index contributed by atoms with van der Waals surface area (Å²) in [7, 11) is 0. The number of hydrogen-bond donors (Lipinski definition) is 9. The van der Waals surface area contributed by atoms with Crippen molar-refractivity contribution >= 4 is 48.9 Å². The van der Waals surface area contributed by atoms with Gasteiger partial charge in [-0.1, -0.05) is 0 Å². The molecule has 0 saturated carbocycles. The first kappa shape index (κ1) is 24.5. The molecule has 8 N–H and O–H groups in total. The van der Waals surface area contributed by atoms with Crippen LogP contribution in [0.3, 0.4) is 0 Å².